The molecule has 0 heterocycles. The Balaban J connectivity index is 4.14. The van der Waals surface area contributed by atoms with Crippen LogP contribution in [0.4, 0.5) is 0 Å². The molecule has 0 radical (unpaired) electrons. The van der Waals surface area contributed by atoms with Crippen molar-refractivity contribution in [1.29, 1.82) is 0 Å². The fourth-order valence-electron chi connectivity index (χ4n) is 1.87. The Morgan fingerprint density at radius 3 is 2.13 bits per heavy atom. The van der Waals surface area contributed by atoms with Gasteiger partial charge in [-0.3, -0.25) is 4.79 Å². The molecule has 4 heteroatoms. The van der Waals surface area contributed by atoms with E-state index in [1.807, 2.05) is 21.1 Å². The third kappa shape index (κ3) is 6.47. The molecule has 0 aliphatic carbocycles. The van der Waals surface area contributed by atoms with Crippen LogP contribution in [-0.2, 0) is 9.53 Å². The van der Waals surface area contributed by atoms with Gasteiger partial charge in [-0.05, 0) is 19.5 Å². The van der Waals surface area contributed by atoms with E-state index >= 15 is 0 Å². The van der Waals surface area contributed by atoms with Gasteiger partial charge in [0.25, 0.3) is 0 Å². The maximum absolute atomic E-state index is 11.5. The third-order valence-corrected chi connectivity index (χ3v) is 2.10. The third-order valence-electron chi connectivity index (χ3n) is 2.10. The van der Waals surface area contributed by atoms with Crippen molar-refractivity contribution in [2.75, 3.05) is 47.9 Å². The van der Waals surface area contributed by atoms with E-state index in [9.17, 15) is 4.79 Å². The van der Waals surface area contributed by atoms with E-state index in [2.05, 4.69) is 18.7 Å². The van der Waals surface area contributed by atoms with Crippen LogP contribution in [0.2, 0.25) is 0 Å². The first-order valence-electron chi connectivity index (χ1n) is 5.16. The van der Waals surface area contributed by atoms with Crippen LogP contribution < -0.4 is 0 Å². The SMILES string of the molecule is COCC(=O)N(C)CC(C)(C)CN(C)C. The Kier molecular flexibility index (Phi) is 5.83. The molecule has 0 N–H and O–H groups in total. The van der Waals surface area contributed by atoms with Crippen molar-refractivity contribution < 1.29 is 9.53 Å². The predicted molar refractivity (Wildman–Crippen MR) is 61.8 cm³/mol. The van der Waals surface area contributed by atoms with Gasteiger partial charge < -0.3 is 14.5 Å². The normalized spacial score (nSPS) is 11.9. The summed E-state index contributed by atoms with van der Waals surface area (Å²) in [7, 11) is 7.44. The quantitative estimate of drug-likeness (QED) is 0.654. The smallest absolute Gasteiger partial charge is 0.248 e. The molecule has 0 unspecified atom stereocenters. The molecule has 1 amide bonds. The fourth-order valence-corrected chi connectivity index (χ4v) is 1.87. The minimum Gasteiger partial charge on any atom is -0.375 e. The van der Waals surface area contributed by atoms with Crippen LogP contribution in [0, 0.1) is 5.41 Å². The van der Waals surface area contributed by atoms with Crippen LogP contribution in [0.1, 0.15) is 13.8 Å². The van der Waals surface area contributed by atoms with Gasteiger partial charge in [0, 0.05) is 27.2 Å². The van der Waals surface area contributed by atoms with Crippen molar-refractivity contribution in [3.8, 4) is 0 Å². The van der Waals surface area contributed by atoms with E-state index in [0.717, 1.165) is 13.1 Å². The Bertz CT molecular complexity index is 203. The summed E-state index contributed by atoms with van der Waals surface area (Å²) in [6.45, 7) is 6.17. The molecule has 0 aromatic carbocycles. The van der Waals surface area contributed by atoms with Crippen LogP contribution in [0.25, 0.3) is 0 Å². The average molecular weight is 216 g/mol. The van der Waals surface area contributed by atoms with Gasteiger partial charge in [0.15, 0.2) is 0 Å². The van der Waals surface area contributed by atoms with Gasteiger partial charge in [0.05, 0.1) is 0 Å². The molecule has 0 fully saturated rings. The van der Waals surface area contributed by atoms with Crippen LogP contribution in [0.15, 0.2) is 0 Å². The van der Waals surface area contributed by atoms with E-state index < -0.39 is 0 Å². The van der Waals surface area contributed by atoms with Crippen LogP contribution >= 0.6 is 0 Å². The Hall–Kier alpha value is -0.610. The van der Waals surface area contributed by atoms with Gasteiger partial charge in [-0.2, -0.15) is 0 Å². The molecule has 0 aliphatic heterocycles. The first kappa shape index (κ1) is 14.4. The maximum atomic E-state index is 11.5. The lowest BCUT2D eigenvalue weighted by molar-refractivity contribution is -0.135. The minimum atomic E-state index is 0.0318. The summed E-state index contributed by atoms with van der Waals surface area (Å²) in [4.78, 5) is 15.4. The lowest BCUT2D eigenvalue weighted by Crippen LogP contribution is -2.42. The number of amides is 1. The topological polar surface area (TPSA) is 32.8 Å². The summed E-state index contributed by atoms with van der Waals surface area (Å²) in [6.07, 6.45) is 0. The second-order valence-corrected chi connectivity index (χ2v) is 5.08. The summed E-state index contributed by atoms with van der Waals surface area (Å²) in [5.74, 6) is 0.0318. The molecular formula is C11H24N2O2. The highest BCUT2D eigenvalue weighted by Crippen LogP contribution is 2.17. The van der Waals surface area contributed by atoms with E-state index in [0.29, 0.717) is 0 Å². The van der Waals surface area contributed by atoms with Crippen molar-refractivity contribution in [3.05, 3.63) is 0 Å². The first-order chi connectivity index (χ1) is 6.78. The molecule has 0 aromatic heterocycles. The zero-order chi connectivity index (χ0) is 12.1. The average Bonchev–Trinajstić information content (AvgIpc) is 2.00. The number of nitrogens with zero attached hydrogens (tertiary/aromatic N) is 2. The van der Waals surface area contributed by atoms with Crippen LogP contribution in [0.5, 0.6) is 0 Å². The molecule has 0 bridgehead atoms. The number of carbonyl (C=O) groups is 1. The summed E-state index contributed by atoms with van der Waals surface area (Å²) < 4.78 is 4.82. The van der Waals surface area contributed by atoms with Crippen molar-refractivity contribution in [1.82, 2.24) is 9.80 Å². The van der Waals surface area contributed by atoms with Gasteiger partial charge in [-0.15, -0.1) is 0 Å². The minimum absolute atomic E-state index is 0.0318. The van der Waals surface area contributed by atoms with Crippen LogP contribution in [-0.4, -0.2) is 63.7 Å². The zero-order valence-corrected chi connectivity index (χ0v) is 10.8. The highest BCUT2D eigenvalue weighted by atomic mass is 16.5. The molecule has 90 valence electrons. The van der Waals surface area contributed by atoms with Crippen molar-refractivity contribution in [2.45, 2.75) is 13.8 Å². The van der Waals surface area contributed by atoms with Crippen molar-refractivity contribution in [2.24, 2.45) is 5.41 Å². The monoisotopic (exact) mass is 216 g/mol. The highest BCUT2D eigenvalue weighted by Gasteiger charge is 2.23. The van der Waals surface area contributed by atoms with Crippen molar-refractivity contribution >= 4 is 5.91 Å². The Morgan fingerprint density at radius 1 is 1.20 bits per heavy atom. The number of rotatable bonds is 6. The Labute approximate surface area is 93.2 Å². The largest absolute Gasteiger partial charge is 0.375 e. The molecule has 0 atom stereocenters. The molecule has 4 nitrogen and oxygen atoms in total. The predicted octanol–water partition coefficient (Wildman–Crippen LogP) is 0.679. The standard InChI is InChI=1S/C11H24N2O2/c1-11(2,8-12(3)4)9-13(5)10(14)7-15-6/h7-9H2,1-6H3. The summed E-state index contributed by atoms with van der Waals surface area (Å²) in [5, 5.41) is 0. The summed E-state index contributed by atoms with van der Waals surface area (Å²) >= 11 is 0. The fraction of sp³-hybridized carbons (Fsp3) is 0.909. The van der Waals surface area contributed by atoms with E-state index in [-0.39, 0.29) is 17.9 Å². The summed E-state index contributed by atoms with van der Waals surface area (Å²) in [5.41, 5.74) is 0.0989. The van der Waals surface area contributed by atoms with Crippen LogP contribution in [0.3, 0.4) is 0 Å². The number of ether oxygens (including phenoxy) is 1. The van der Waals surface area contributed by atoms with Gasteiger partial charge >= 0.3 is 0 Å². The van der Waals surface area contributed by atoms with Crippen molar-refractivity contribution in [3.63, 3.8) is 0 Å². The highest BCUT2D eigenvalue weighted by molar-refractivity contribution is 5.77. The Morgan fingerprint density at radius 2 is 1.73 bits per heavy atom. The number of carbonyl (C=O) groups excluding carboxylic acids is 1. The lowest BCUT2D eigenvalue weighted by Gasteiger charge is -2.32. The maximum Gasteiger partial charge on any atom is 0.248 e. The van der Waals surface area contributed by atoms with Gasteiger partial charge in [0.2, 0.25) is 5.91 Å². The van der Waals surface area contributed by atoms with Gasteiger partial charge in [-0.1, -0.05) is 13.8 Å². The second kappa shape index (κ2) is 6.08. The van der Waals surface area contributed by atoms with E-state index in [1.165, 1.54) is 7.11 Å². The molecule has 0 saturated carbocycles. The second-order valence-electron chi connectivity index (χ2n) is 5.08. The first-order valence-corrected chi connectivity index (χ1v) is 5.16. The number of methoxy groups -OCH3 is 1. The number of hydrogen-bond acceptors (Lipinski definition) is 3. The van der Waals surface area contributed by atoms with E-state index in [4.69, 9.17) is 4.74 Å². The van der Waals surface area contributed by atoms with Gasteiger partial charge in [0.1, 0.15) is 6.61 Å². The molecule has 0 rings (SSSR count). The number of hydrogen-bond donors (Lipinski definition) is 0. The number of likely N-dealkylation sites (N-methyl/N-ethyl adjacent to an activating group) is 1. The molecule has 0 aliphatic rings. The molecule has 0 spiro atoms. The zero-order valence-electron chi connectivity index (χ0n) is 10.8. The van der Waals surface area contributed by atoms with Gasteiger partial charge in [-0.25, -0.2) is 0 Å². The molecule has 0 saturated heterocycles. The van der Waals surface area contributed by atoms with E-state index in [1.54, 1.807) is 4.90 Å². The summed E-state index contributed by atoms with van der Waals surface area (Å²) in [6, 6.07) is 0. The molecule has 0 aromatic rings. The molecule has 15 heavy (non-hydrogen) atoms. The lowest BCUT2D eigenvalue weighted by atomic mass is 9.92. The molecular weight excluding hydrogens is 192 g/mol.